The van der Waals surface area contributed by atoms with Crippen LogP contribution >= 0.6 is 0 Å². The Morgan fingerprint density at radius 2 is 1.81 bits per heavy atom. The van der Waals surface area contributed by atoms with Crippen LogP contribution in [0.1, 0.15) is 29.2 Å². The summed E-state index contributed by atoms with van der Waals surface area (Å²) in [4.78, 5) is 30.1. The van der Waals surface area contributed by atoms with Crippen LogP contribution in [0.5, 0.6) is 5.75 Å². The highest BCUT2D eigenvalue weighted by molar-refractivity contribution is 7.89. The molecule has 170 valence electrons. The number of rotatable bonds is 5. The van der Waals surface area contributed by atoms with E-state index in [2.05, 4.69) is 4.98 Å². The molecule has 0 radical (unpaired) electrons. The normalized spacial score (nSPS) is 15.4. The van der Waals surface area contributed by atoms with Gasteiger partial charge in [-0.3, -0.25) is 9.36 Å². The highest BCUT2D eigenvalue weighted by Gasteiger charge is 2.29. The number of likely N-dealkylation sites (tertiary alicyclic amines) is 1. The molecule has 2 heterocycles. The average Bonchev–Trinajstić information content (AvgIpc) is 3.13. The second-order valence-corrected chi connectivity index (χ2v) is 10.1. The molecule has 1 amide bonds. The van der Waals surface area contributed by atoms with E-state index in [0.717, 1.165) is 15.3 Å². The number of aromatic nitrogens is 2. The van der Waals surface area contributed by atoms with E-state index in [9.17, 15) is 18.0 Å². The number of H-pyrrole nitrogens is 1. The van der Waals surface area contributed by atoms with Gasteiger partial charge in [0.1, 0.15) is 10.6 Å². The molecule has 1 N–H and O–H groups in total. The third kappa shape index (κ3) is 3.80. The van der Waals surface area contributed by atoms with Gasteiger partial charge in [-0.05, 0) is 43.2 Å². The molecule has 32 heavy (non-hydrogen) atoms. The first kappa shape index (κ1) is 22.1. The zero-order chi connectivity index (χ0) is 23.0. The molecule has 4 rings (SSSR count). The lowest BCUT2D eigenvalue weighted by Crippen LogP contribution is -2.40. The molecule has 0 unspecified atom stereocenters. The van der Waals surface area contributed by atoms with Crippen LogP contribution < -0.4 is 10.4 Å². The van der Waals surface area contributed by atoms with Crippen molar-refractivity contribution in [2.75, 3.05) is 34.3 Å². The van der Waals surface area contributed by atoms with E-state index in [4.69, 9.17) is 4.74 Å². The lowest BCUT2D eigenvalue weighted by molar-refractivity contribution is 0.0694. The van der Waals surface area contributed by atoms with Crippen LogP contribution in [0.15, 0.2) is 52.2 Å². The number of fused-ring (bicyclic) bond motifs is 1. The van der Waals surface area contributed by atoms with Crippen molar-refractivity contribution < 1.29 is 17.9 Å². The number of ether oxygens (including phenoxy) is 1. The van der Waals surface area contributed by atoms with Crippen LogP contribution in [-0.4, -0.2) is 67.4 Å². The molecule has 1 aromatic heterocycles. The monoisotopic (exact) mass is 458 g/mol. The topological polar surface area (TPSA) is 105 Å². The smallest absolute Gasteiger partial charge is 0.326 e. The summed E-state index contributed by atoms with van der Waals surface area (Å²) in [5.74, 6) is -0.0553. The third-order valence-corrected chi connectivity index (χ3v) is 7.75. The van der Waals surface area contributed by atoms with Crippen molar-refractivity contribution in [3.63, 3.8) is 0 Å². The van der Waals surface area contributed by atoms with Gasteiger partial charge in [0.15, 0.2) is 0 Å². The summed E-state index contributed by atoms with van der Waals surface area (Å²) < 4.78 is 33.4. The summed E-state index contributed by atoms with van der Waals surface area (Å²) in [5, 5.41) is 0. The van der Waals surface area contributed by atoms with Crippen molar-refractivity contribution in [2.45, 2.75) is 23.8 Å². The number of nitrogens with zero attached hydrogens (tertiary/aromatic N) is 3. The second-order valence-electron chi connectivity index (χ2n) is 7.99. The van der Waals surface area contributed by atoms with Gasteiger partial charge in [0.25, 0.3) is 5.91 Å². The molecule has 0 spiro atoms. The number of nitrogens with one attached hydrogen (secondary N) is 1. The standard InChI is InChI=1S/C22H26N4O5S/c1-24(2)32(29,30)20-14-15(8-9-19(20)31-3)21(27)25-12-10-16(11-13-25)26-18-7-5-4-6-17(18)23-22(26)28/h4-9,14,16H,10-13H2,1-3H3,(H,23,28). The van der Waals surface area contributed by atoms with Gasteiger partial charge in [-0.15, -0.1) is 0 Å². The molecule has 1 aliphatic rings. The molecule has 3 aromatic rings. The molecule has 0 bridgehead atoms. The summed E-state index contributed by atoms with van der Waals surface area (Å²) in [5.41, 5.74) is 1.79. The Kier molecular flexibility index (Phi) is 5.83. The lowest BCUT2D eigenvalue weighted by Gasteiger charge is -2.32. The number of amides is 1. The fourth-order valence-electron chi connectivity index (χ4n) is 4.15. The molecule has 0 saturated carbocycles. The molecule has 9 nitrogen and oxygen atoms in total. The fourth-order valence-corrected chi connectivity index (χ4v) is 5.23. The number of carbonyl (C=O) groups is 1. The molecule has 0 aliphatic carbocycles. The Bertz CT molecular complexity index is 1320. The number of benzene rings is 2. The number of methoxy groups -OCH3 is 1. The number of carbonyl (C=O) groups excluding carboxylic acids is 1. The maximum atomic E-state index is 13.1. The molecule has 0 atom stereocenters. The first-order chi connectivity index (χ1) is 15.2. The molecule has 1 fully saturated rings. The summed E-state index contributed by atoms with van der Waals surface area (Å²) in [7, 11) is 0.480. The Hall–Kier alpha value is -3.11. The van der Waals surface area contributed by atoms with Gasteiger partial charge >= 0.3 is 5.69 Å². The van der Waals surface area contributed by atoms with E-state index in [0.29, 0.717) is 25.9 Å². The van der Waals surface area contributed by atoms with Crippen molar-refractivity contribution in [3.8, 4) is 5.75 Å². The van der Waals surface area contributed by atoms with Crippen molar-refractivity contribution in [2.24, 2.45) is 0 Å². The first-order valence-electron chi connectivity index (χ1n) is 10.3. The Morgan fingerprint density at radius 1 is 1.12 bits per heavy atom. The number of para-hydroxylation sites is 2. The highest BCUT2D eigenvalue weighted by atomic mass is 32.2. The lowest BCUT2D eigenvalue weighted by atomic mass is 10.0. The fraction of sp³-hybridized carbons (Fsp3) is 0.364. The Morgan fingerprint density at radius 3 is 2.47 bits per heavy atom. The predicted octanol–water partition coefficient (Wildman–Crippen LogP) is 2.07. The van der Waals surface area contributed by atoms with Crippen LogP contribution in [0.4, 0.5) is 0 Å². The molecular formula is C22H26N4O5S. The minimum Gasteiger partial charge on any atom is -0.495 e. The van der Waals surface area contributed by atoms with Crippen LogP contribution in [0.3, 0.4) is 0 Å². The summed E-state index contributed by atoms with van der Waals surface area (Å²) in [6.45, 7) is 0.939. The van der Waals surface area contributed by atoms with Gasteiger partial charge in [0.05, 0.1) is 18.1 Å². The second kappa shape index (κ2) is 8.44. The molecule has 1 saturated heterocycles. The number of piperidine rings is 1. The summed E-state index contributed by atoms with van der Waals surface area (Å²) in [6, 6.07) is 12.0. The van der Waals surface area contributed by atoms with Crippen molar-refractivity contribution in [1.82, 2.24) is 18.8 Å². The van der Waals surface area contributed by atoms with Gasteiger partial charge in [-0.25, -0.2) is 17.5 Å². The zero-order valence-electron chi connectivity index (χ0n) is 18.2. The predicted molar refractivity (Wildman–Crippen MR) is 121 cm³/mol. The molecule has 2 aromatic carbocycles. The van der Waals surface area contributed by atoms with Gasteiger partial charge in [0.2, 0.25) is 10.0 Å². The SMILES string of the molecule is COc1ccc(C(=O)N2CCC(n3c(=O)[nH]c4ccccc43)CC2)cc1S(=O)(=O)N(C)C. The number of hydrogen-bond donors (Lipinski definition) is 1. The first-order valence-corrected chi connectivity index (χ1v) is 11.8. The minimum atomic E-state index is -3.77. The van der Waals surface area contributed by atoms with E-state index in [1.54, 1.807) is 15.5 Å². The van der Waals surface area contributed by atoms with Gasteiger partial charge in [-0.1, -0.05) is 12.1 Å². The number of aromatic amines is 1. The van der Waals surface area contributed by atoms with E-state index >= 15 is 0 Å². The number of hydrogen-bond acceptors (Lipinski definition) is 5. The van der Waals surface area contributed by atoms with E-state index < -0.39 is 10.0 Å². The summed E-state index contributed by atoms with van der Waals surface area (Å²) >= 11 is 0. The van der Waals surface area contributed by atoms with Crippen molar-refractivity contribution >= 4 is 27.0 Å². The van der Waals surface area contributed by atoms with E-state index in [-0.39, 0.29) is 33.8 Å². The Balaban J connectivity index is 1.55. The molecule has 1 aliphatic heterocycles. The maximum absolute atomic E-state index is 13.1. The zero-order valence-corrected chi connectivity index (χ0v) is 19.1. The molecular weight excluding hydrogens is 432 g/mol. The minimum absolute atomic E-state index is 0.0109. The van der Waals surface area contributed by atoms with E-state index in [1.807, 2.05) is 24.3 Å². The maximum Gasteiger partial charge on any atom is 0.326 e. The van der Waals surface area contributed by atoms with Crippen LogP contribution in [-0.2, 0) is 10.0 Å². The van der Waals surface area contributed by atoms with Gasteiger partial charge in [0, 0.05) is 38.8 Å². The Labute approximate surface area is 186 Å². The van der Waals surface area contributed by atoms with Gasteiger partial charge in [-0.2, -0.15) is 0 Å². The number of imidazole rings is 1. The van der Waals surface area contributed by atoms with Crippen LogP contribution in [0, 0.1) is 0 Å². The quantitative estimate of drug-likeness (QED) is 0.630. The van der Waals surface area contributed by atoms with E-state index in [1.165, 1.54) is 33.3 Å². The molecule has 10 heteroatoms. The van der Waals surface area contributed by atoms with Crippen molar-refractivity contribution in [1.29, 1.82) is 0 Å². The highest BCUT2D eigenvalue weighted by Crippen LogP contribution is 2.29. The van der Waals surface area contributed by atoms with Gasteiger partial charge < -0.3 is 14.6 Å². The van der Waals surface area contributed by atoms with Crippen LogP contribution in [0.2, 0.25) is 0 Å². The third-order valence-electron chi connectivity index (χ3n) is 5.91. The average molecular weight is 459 g/mol. The summed E-state index contributed by atoms with van der Waals surface area (Å²) in [6.07, 6.45) is 1.26. The van der Waals surface area contributed by atoms with Crippen molar-refractivity contribution in [3.05, 3.63) is 58.5 Å². The largest absolute Gasteiger partial charge is 0.495 e. The number of sulfonamides is 1. The van der Waals surface area contributed by atoms with Crippen LogP contribution in [0.25, 0.3) is 11.0 Å².